The van der Waals surface area contributed by atoms with E-state index in [0.29, 0.717) is 12.8 Å². The largest absolute Gasteiger partial charge is 0.386 e. The van der Waals surface area contributed by atoms with Gasteiger partial charge in [-0.1, -0.05) is 86.3 Å². The van der Waals surface area contributed by atoms with Crippen molar-refractivity contribution in [2.24, 2.45) is 0 Å². The molecule has 2 aromatic rings. The second-order valence-electron chi connectivity index (χ2n) is 9.04. The first-order valence-corrected chi connectivity index (χ1v) is 12.4. The summed E-state index contributed by atoms with van der Waals surface area (Å²) in [5.41, 5.74) is 1.59. The minimum Gasteiger partial charge on any atom is -0.386 e. The number of benzene rings is 2. The maximum absolute atomic E-state index is 12.1. The van der Waals surface area contributed by atoms with E-state index in [1.54, 1.807) is 0 Å². The Labute approximate surface area is 203 Å². The van der Waals surface area contributed by atoms with E-state index >= 15 is 0 Å². The van der Waals surface area contributed by atoms with Crippen LogP contribution in [0.5, 0.6) is 0 Å². The van der Waals surface area contributed by atoms with Crippen LogP contribution in [0.4, 0.5) is 0 Å². The smallest absolute Gasteiger partial charge is 0.220 e. The Bertz CT molecular complexity index is 772. The fraction of sp³-hybridized carbons (Fsp3) is 0.500. The molecule has 186 valence electrons. The summed E-state index contributed by atoms with van der Waals surface area (Å²) in [4.78, 5) is 24.3. The Morgan fingerprint density at radius 2 is 0.941 bits per heavy atom. The molecule has 0 heterocycles. The van der Waals surface area contributed by atoms with Crippen LogP contribution in [0.15, 0.2) is 60.7 Å². The van der Waals surface area contributed by atoms with Gasteiger partial charge in [-0.15, -0.1) is 0 Å². The van der Waals surface area contributed by atoms with Crippen LogP contribution < -0.4 is 10.6 Å². The minimum atomic E-state index is -0.716. The Hall–Kier alpha value is -2.70. The number of aliphatic hydroxyl groups is 2. The van der Waals surface area contributed by atoms with E-state index in [4.69, 9.17) is 0 Å². The van der Waals surface area contributed by atoms with Gasteiger partial charge < -0.3 is 20.8 Å². The van der Waals surface area contributed by atoms with Crippen LogP contribution in [0.1, 0.15) is 88.5 Å². The molecule has 0 fully saturated rings. The Kier molecular flexibility index (Phi) is 12.4. The van der Waals surface area contributed by atoms with Crippen molar-refractivity contribution in [3.8, 4) is 0 Å². The quantitative estimate of drug-likeness (QED) is 0.288. The summed E-state index contributed by atoms with van der Waals surface area (Å²) in [6.07, 6.45) is 5.10. The van der Waals surface area contributed by atoms with Gasteiger partial charge in [-0.3, -0.25) is 9.59 Å². The van der Waals surface area contributed by atoms with Crippen molar-refractivity contribution in [2.75, 3.05) is 0 Å². The summed E-state index contributed by atoms with van der Waals surface area (Å²) in [5.74, 6) is -0.0723. The number of carbonyl (C=O) groups excluding carboxylic acids is 2. The van der Waals surface area contributed by atoms with Crippen molar-refractivity contribution in [2.45, 2.75) is 89.5 Å². The molecule has 0 saturated carbocycles. The van der Waals surface area contributed by atoms with E-state index in [1.165, 1.54) is 0 Å². The van der Waals surface area contributed by atoms with E-state index in [1.807, 2.05) is 74.5 Å². The normalized spacial score (nSPS) is 14.6. The van der Waals surface area contributed by atoms with Crippen molar-refractivity contribution in [1.82, 2.24) is 10.6 Å². The average Bonchev–Trinajstić information content (AvgIpc) is 2.85. The van der Waals surface area contributed by atoms with Gasteiger partial charge in [-0.2, -0.15) is 0 Å². The van der Waals surface area contributed by atoms with E-state index in [-0.39, 0.29) is 23.9 Å². The molecule has 6 heteroatoms. The van der Waals surface area contributed by atoms with Gasteiger partial charge in [0.05, 0.1) is 24.3 Å². The molecule has 2 amide bonds. The summed E-state index contributed by atoms with van der Waals surface area (Å²) < 4.78 is 0. The summed E-state index contributed by atoms with van der Waals surface area (Å²) in [6, 6.07) is 18.0. The number of nitrogens with one attached hydrogen (secondary N) is 2. The third kappa shape index (κ3) is 10.1. The maximum atomic E-state index is 12.1. The zero-order valence-electron chi connectivity index (χ0n) is 20.5. The standard InChI is InChI=1S/C28H40N2O4/c1-21(27(33)23-15-9-7-10-16-23)29-25(31)19-13-5-3-4-6-14-20-26(32)30-22(2)28(34)24-17-11-8-12-18-24/h7-12,15-18,21-22,27-28,33-34H,3-6,13-14,19-20H2,1-2H3,(H,29,31)(H,30,32)/t21-,22-,27-,28-/m0/s1. The van der Waals surface area contributed by atoms with Crippen LogP contribution in [-0.2, 0) is 9.59 Å². The fourth-order valence-electron chi connectivity index (χ4n) is 3.97. The highest BCUT2D eigenvalue weighted by Crippen LogP contribution is 2.17. The van der Waals surface area contributed by atoms with Crippen molar-refractivity contribution in [1.29, 1.82) is 0 Å². The summed E-state index contributed by atoms with van der Waals surface area (Å²) >= 11 is 0. The molecule has 0 aromatic heterocycles. The lowest BCUT2D eigenvalue weighted by Gasteiger charge is -2.20. The van der Waals surface area contributed by atoms with Crippen molar-refractivity contribution in [3.63, 3.8) is 0 Å². The Balaban J connectivity index is 1.49. The van der Waals surface area contributed by atoms with Gasteiger partial charge in [0.1, 0.15) is 0 Å². The first kappa shape index (κ1) is 27.5. The molecule has 4 N–H and O–H groups in total. The Morgan fingerprint density at radius 3 is 1.29 bits per heavy atom. The fourth-order valence-corrected chi connectivity index (χ4v) is 3.97. The molecule has 2 aromatic carbocycles. The molecule has 6 nitrogen and oxygen atoms in total. The second-order valence-corrected chi connectivity index (χ2v) is 9.04. The number of amides is 2. The zero-order chi connectivity index (χ0) is 24.8. The third-order valence-electron chi connectivity index (χ3n) is 6.06. The average molecular weight is 469 g/mol. The molecular weight excluding hydrogens is 428 g/mol. The van der Waals surface area contributed by atoms with E-state index in [2.05, 4.69) is 10.6 Å². The van der Waals surface area contributed by atoms with E-state index in [0.717, 1.165) is 49.7 Å². The predicted octanol–water partition coefficient (Wildman–Crippen LogP) is 4.58. The number of aliphatic hydroxyl groups excluding tert-OH is 2. The summed E-state index contributed by atoms with van der Waals surface area (Å²) in [5, 5.41) is 26.5. The van der Waals surface area contributed by atoms with Crippen molar-refractivity contribution < 1.29 is 19.8 Å². The molecule has 0 saturated heterocycles. The topological polar surface area (TPSA) is 98.7 Å². The number of hydrogen-bond donors (Lipinski definition) is 4. The van der Waals surface area contributed by atoms with Gasteiger partial charge in [-0.25, -0.2) is 0 Å². The number of carbonyl (C=O) groups is 2. The number of unbranched alkanes of at least 4 members (excludes halogenated alkanes) is 5. The van der Waals surface area contributed by atoms with Crippen LogP contribution in [0.2, 0.25) is 0 Å². The minimum absolute atomic E-state index is 0.0361. The number of rotatable bonds is 15. The highest BCUT2D eigenvalue weighted by molar-refractivity contribution is 5.76. The molecule has 0 spiro atoms. The van der Waals surface area contributed by atoms with Gasteiger partial charge in [0.2, 0.25) is 11.8 Å². The van der Waals surface area contributed by atoms with Crippen LogP contribution >= 0.6 is 0 Å². The highest BCUT2D eigenvalue weighted by Gasteiger charge is 2.19. The van der Waals surface area contributed by atoms with Crippen LogP contribution in [-0.4, -0.2) is 34.1 Å². The van der Waals surface area contributed by atoms with Gasteiger partial charge in [-0.05, 0) is 37.8 Å². The van der Waals surface area contributed by atoms with Crippen LogP contribution in [0, 0.1) is 0 Å². The number of hydrogen-bond acceptors (Lipinski definition) is 4. The third-order valence-corrected chi connectivity index (χ3v) is 6.06. The molecule has 0 radical (unpaired) electrons. The van der Waals surface area contributed by atoms with Crippen molar-refractivity contribution in [3.05, 3.63) is 71.8 Å². The molecule has 2 rings (SSSR count). The molecule has 0 aliphatic carbocycles. The lowest BCUT2D eigenvalue weighted by atomic mass is 10.0. The second kappa shape index (κ2) is 15.3. The lowest BCUT2D eigenvalue weighted by Crippen LogP contribution is -2.36. The molecular formula is C28H40N2O4. The molecule has 0 aliphatic heterocycles. The predicted molar refractivity (Wildman–Crippen MR) is 135 cm³/mol. The first-order valence-electron chi connectivity index (χ1n) is 12.4. The molecule has 4 atom stereocenters. The molecule has 0 bridgehead atoms. The molecule has 34 heavy (non-hydrogen) atoms. The van der Waals surface area contributed by atoms with Gasteiger partial charge in [0, 0.05) is 12.8 Å². The van der Waals surface area contributed by atoms with Gasteiger partial charge in [0.25, 0.3) is 0 Å². The van der Waals surface area contributed by atoms with Crippen LogP contribution in [0.3, 0.4) is 0 Å². The highest BCUT2D eigenvalue weighted by atomic mass is 16.3. The molecule has 0 unspecified atom stereocenters. The van der Waals surface area contributed by atoms with Crippen molar-refractivity contribution >= 4 is 11.8 Å². The lowest BCUT2D eigenvalue weighted by molar-refractivity contribution is -0.123. The summed E-state index contributed by atoms with van der Waals surface area (Å²) in [6.45, 7) is 3.63. The molecule has 0 aliphatic rings. The van der Waals surface area contributed by atoms with Gasteiger partial charge >= 0.3 is 0 Å². The first-order chi connectivity index (χ1) is 16.4. The van der Waals surface area contributed by atoms with E-state index in [9.17, 15) is 19.8 Å². The SMILES string of the molecule is C[C@H](NC(=O)CCCCCCCCC(=O)N[C@@H](C)[C@H](O)c1ccccc1)[C@H](O)c1ccccc1. The maximum Gasteiger partial charge on any atom is 0.220 e. The monoisotopic (exact) mass is 468 g/mol. The van der Waals surface area contributed by atoms with Gasteiger partial charge in [0.15, 0.2) is 0 Å². The Morgan fingerprint density at radius 1 is 0.618 bits per heavy atom. The zero-order valence-corrected chi connectivity index (χ0v) is 20.5. The van der Waals surface area contributed by atoms with Crippen LogP contribution in [0.25, 0.3) is 0 Å². The summed E-state index contributed by atoms with van der Waals surface area (Å²) in [7, 11) is 0. The van der Waals surface area contributed by atoms with E-state index < -0.39 is 12.2 Å².